The Bertz CT molecular complexity index is 772. The van der Waals surface area contributed by atoms with Crippen molar-refractivity contribution in [2.24, 2.45) is 0 Å². The fraction of sp³-hybridized carbons (Fsp3) is 0.158. The molecular weight excluding hydrogens is 258 g/mol. The molecule has 0 unspecified atom stereocenters. The van der Waals surface area contributed by atoms with Crippen molar-refractivity contribution in [3.8, 4) is 5.75 Å². The van der Waals surface area contributed by atoms with E-state index in [1.165, 1.54) is 16.7 Å². The zero-order chi connectivity index (χ0) is 14.8. The number of fused-ring (bicyclic) bond motifs is 1. The highest BCUT2D eigenvalue weighted by atomic mass is 16.3. The van der Waals surface area contributed by atoms with Crippen LogP contribution in [0.25, 0.3) is 10.8 Å². The monoisotopic (exact) mass is 277 g/mol. The molecule has 3 aromatic carbocycles. The summed E-state index contributed by atoms with van der Waals surface area (Å²) < 4.78 is 0. The summed E-state index contributed by atoms with van der Waals surface area (Å²) in [6, 6.07) is 18.1. The second kappa shape index (κ2) is 5.49. The van der Waals surface area contributed by atoms with E-state index in [1.807, 2.05) is 30.3 Å². The van der Waals surface area contributed by atoms with Crippen molar-refractivity contribution in [1.29, 1.82) is 0 Å². The van der Waals surface area contributed by atoms with Crippen LogP contribution in [0.3, 0.4) is 0 Å². The van der Waals surface area contributed by atoms with Gasteiger partial charge in [0.2, 0.25) is 0 Å². The maximum Gasteiger partial charge on any atom is 0.123 e. The number of rotatable bonds is 3. The SMILES string of the molecule is Cc1cc(C)cc(CNc2cccc3c(O)cccc23)c1. The molecule has 0 saturated heterocycles. The molecule has 0 aliphatic heterocycles. The number of anilines is 1. The fourth-order valence-electron chi connectivity index (χ4n) is 2.82. The van der Waals surface area contributed by atoms with Crippen molar-refractivity contribution in [2.45, 2.75) is 20.4 Å². The van der Waals surface area contributed by atoms with E-state index in [1.54, 1.807) is 6.07 Å². The Labute approximate surface area is 125 Å². The molecule has 0 saturated carbocycles. The molecule has 0 heterocycles. The first-order valence-electron chi connectivity index (χ1n) is 7.15. The number of hydrogen-bond acceptors (Lipinski definition) is 2. The Balaban J connectivity index is 1.90. The summed E-state index contributed by atoms with van der Waals surface area (Å²) >= 11 is 0. The van der Waals surface area contributed by atoms with Gasteiger partial charge >= 0.3 is 0 Å². The van der Waals surface area contributed by atoms with E-state index in [9.17, 15) is 5.11 Å². The molecule has 2 N–H and O–H groups in total. The predicted octanol–water partition coefficient (Wildman–Crippen LogP) is 4.77. The highest BCUT2D eigenvalue weighted by molar-refractivity contribution is 5.97. The van der Waals surface area contributed by atoms with Gasteiger partial charge in [0.15, 0.2) is 0 Å². The summed E-state index contributed by atoms with van der Waals surface area (Å²) in [5.41, 5.74) is 4.87. The Morgan fingerprint density at radius 1 is 0.857 bits per heavy atom. The lowest BCUT2D eigenvalue weighted by Crippen LogP contribution is -2.00. The molecule has 0 radical (unpaired) electrons. The van der Waals surface area contributed by atoms with Crippen LogP contribution in [0.2, 0.25) is 0 Å². The van der Waals surface area contributed by atoms with Gasteiger partial charge in [-0.05, 0) is 31.5 Å². The van der Waals surface area contributed by atoms with Gasteiger partial charge < -0.3 is 10.4 Å². The van der Waals surface area contributed by atoms with E-state index in [0.29, 0.717) is 5.75 Å². The average Bonchev–Trinajstić information content (AvgIpc) is 2.45. The molecule has 106 valence electrons. The summed E-state index contributed by atoms with van der Waals surface area (Å²) in [4.78, 5) is 0. The second-order valence-corrected chi connectivity index (χ2v) is 5.53. The van der Waals surface area contributed by atoms with E-state index in [2.05, 4.69) is 37.4 Å². The van der Waals surface area contributed by atoms with Crippen molar-refractivity contribution in [2.75, 3.05) is 5.32 Å². The van der Waals surface area contributed by atoms with Crippen molar-refractivity contribution < 1.29 is 5.11 Å². The number of phenols is 1. The lowest BCUT2D eigenvalue weighted by atomic mass is 10.1. The summed E-state index contributed by atoms with van der Waals surface area (Å²) in [7, 11) is 0. The summed E-state index contributed by atoms with van der Waals surface area (Å²) in [6.07, 6.45) is 0. The lowest BCUT2D eigenvalue weighted by molar-refractivity contribution is 0.481. The zero-order valence-corrected chi connectivity index (χ0v) is 12.4. The van der Waals surface area contributed by atoms with Crippen LogP contribution < -0.4 is 5.32 Å². The molecule has 3 aromatic rings. The van der Waals surface area contributed by atoms with Gasteiger partial charge in [0.25, 0.3) is 0 Å². The van der Waals surface area contributed by atoms with Gasteiger partial charge in [-0.2, -0.15) is 0 Å². The van der Waals surface area contributed by atoms with Crippen LogP contribution in [0.15, 0.2) is 54.6 Å². The van der Waals surface area contributed by atoms with Crippen molar-refractivity contribution in [3.63, 3.8) is 0 Å². The quantitative estimate of drug-likeness (QED) is 0.722. The number of phenolic OH excluding ortho intramolecular Hbond substituents is 1. The molecule has 3 rings (SSSR count). The van der Waals surface area contributed by atoms with Crippen molar-refractivity contribution in [3.05, 3.63) is 71.3 Å². The third-order valence-corrected chi connectivity index (χ3v) is 3.66. The van der Waals surface area contributed by atoms with Crippen LogP contribution in [0.1, 0.15) is 16.7 Å². The first-order valence-corrected chi connectivity index (χ1v) is 7.15. The number of aryl methyl sites for hydroxylation is 2. The fourth-order valence-corrected chi connectivity index (χ4v) is 2.82. The molecule has 0 bridgehead atoms. The topological polar surface area (TPSA) is 32.3 Å². The molecule has 0 amide bonds. The summed E-state index contributed by atoms with van der Waals surface area (Å²) in [5.74, 6) is 0.322. The normalized spacial score (nSPS) is 10.8. The summed E-state index contributed by atoms with van der Waals surface area (Å²) in [6.45, 7) is 5.01. The minimum Gasteiger partial charge on any atom is -0.507 e. The van der Waals surface area contributed by atoms with E-state index in [-0.39, 0.29) is 0 Å². The molecule has 0 aliphatic carbocycles. The highest BCUT2D eigenvalue weighted by Crippen LogP contribution is 2.30. The Morgan fingerprint density at radius 2 is 1.52 bits per heavy atom. The van der Waals surface area contributed by atoms with E-state index >= 15 is 0 Å². The van der Waals surface area contributed by atoms with Crippen molar-refractivity contribution >= 4 is 16.5 Å². The minimum absolute atomic E-state index is 0.322. The van der Waals surface area contributed by atoms with Gasteiger partial charge in [-0.15, -0.1) is 0 Å². The zero-order valence-electron chi connectivity index (χ0n) is 12.4. The molecule has 21 heavy (non-hydrogen) atoms. The van der Waals surface area contributed by atoms with Crippen LogP contribution >= 0.6 is 0 Å². The van der Waals surface area contributed by atoms with Gasteiger partial charge in [-0.1, -0.05) is 53.6 Å². The van der Waals surface area contributed by atoms with Gasteiger partial charge in [0.1, 0.15) is 5.75 Å². The number of nitrogens with one attached hydrogen (secondary N) is 1. The summed E-state index contributed by atoms with van der Waals surface area (Å²) in [5, 5.41) is 15.3. The molecular formula is C19H19NO. The van der Waals surface area contributed by atoms with Crippen molar-refractivity contribution in [1.82, 2.24) is 0 Å². The average molecular weight is 277 g/mol. The third kappa shape index (κ3) is 2.84. The number of benzene rings is 3. The van der Waals surface area contributed by atoms with Gasteiger partial charge in [0.05, 0.1) is 0 Å². The number of aromatic hydroxyl groups is 1. The smallest absolute Gasteiger partial charge is 0.123 e. The Morgan fingerprint density at radius 3 is 2.29 bits per heavy atom. The molecule has 0 atom stereocenters. The molecule has 0 aliphatic rings. The van der Waals surface area contributed by atoms with Crippen LogP contribution in [0.4, 0.5) is 5.69 Å². The van der Waals surface area contributed by atoms with Gasteiger partial charge in [-0.25, -0.2) is 0 Å². The Kier molecular flexibility index (Phi) is 3.53. The van der Waals surface area contributed by atoms with Gasteiger partial charge in [0, 0.05) is 23.0 Å². The highest BCUT2D eigenvalue weighted by Gasteiger charge is 2.04. The maximum absolute atomic E-state index is 9.93. The van der Waals surface area contributed by atoms with E-state index in [0.717, 1.165) is 23.0 Å². The van der Waals surface area contributed by atoms with Crippen LogP contribution in [-0.4, -0.2) is 5.11 Å². The standard InChI is InChI=1S/C19H19NO/c1-13-9-14(2)11-15(10-13)12-20-18-7-3-6-17-16(18)5-4-8-19(17)21/h3-11,20-21H,12H2,1-2H3. The maximum atomic E-state index is 9.93. The molecule has 0 aromatic heterocycles. The third-order valence-electron chi connectivity index (χ3n) is 3.66. The largest absolute Gasteiger partial charge is 0.507 e. The minimum atomic E-state index is 0.322. The van der Waals surface area contributed by atoms with E-state index in [4.69, 9.17) is 0 Å². The lowest BCUT2D eigenvalue weighted by Gasteiger charge is -2.11. The first kappa shape index (κ1) is 13.5. The second-order valence-electron chi connectivity index (χ2n) is 5.53. The first-order chi connectivity index (χ1) is 10.1. The van der Waals surface area contributed by atoms with Crippen LogP contribution in [0.5, 0.6) is 5.75 Å². The molecule has 2 nitrogen and oxygen atoms in total. The van der Waals surface area contributed by atoms with Gasteiger partial charge in [-0.3, -0.25) is 0 Å². The molecule has 0 spiro atoms. The molecule has 2 heteroatoms. The van der Waals surface area contributed by atoms with Crippen LogP contribution in [0, 0.1) is 13.8 Å². The molecule has 0 fully saturated rings. The predicted molar refractivity (Wildman–Crippen MR) is 88.9 cm³/mol. The van der Waals surface area contributed by atoms with E-state index < -0.39 is 0 Å². The number of hydrogen-bond donors (Lipinski definition) is 2. The Hall–Kier alpha value is -2.48. The van der Waals surface area contributed by atoms with Crippen LogP contribution in [-0.2, 0) is 6.54 Å².